The van der Waals surface area contributed by atoms with E-state index in [0.29, 0.717) is 16.5 Å². The number of fused-ring (bicyclic) bond motifs is 1. The summed E-state index contributed by atoms with van der Waals surface area (Å²) in [6.45, 7) is 12.0. The van der Waals surface area contributed by atoms with E-state index in [2.05, 4.69) is 23.9 Å². The molecule has 5 rings (SSSR count). The molecule has 0 saturated carbocycles. The summed E-state index contributed by atoms with van der Waals surface area (Å²) in [7, 11) is -4.64. The molecule has 1 aromatic carbocycles. The Kier molecular flexibility index (Phi) is 5.47. The van der Waals surface area contributed by atoms with Crippen LogP contribution in [0.3, 0.4) is 0 Å². The van der Waals surface area contributed by atoms with Gasteiger partial charge < -0.3 is 9.31 Å². The first kappa shape index (κ1) is 23.8. The first-order valence-electron chi connectivity index (χ1n) is 11.6. The van der Waals surface area contributed by atoms with Crippen molar-refractivity contribution < 1.29 is 17.7 Å². The van der Waals surface area contributed by atoms with Gasteiger partial charge in [-0.3, -0.25) is 4.68 Å². The topological polar surface area (TPSA) is 88.2 Å². The van der Waals surface area contributed by atoms with Crippen LogP contribution in [-0.4, -0.2) is 45.5 Å². The van der Waals surface area contributed by atoms with Crippen molar-refractivity contribution in [3.63, 3.8) is 0 Å². The molecule has 4 aromatic rings. The van der Waals surface area contributed by atoms with E-state index in [1.54, 1.807) is 48.9 Å². The zero-order chi connectivity index (χ0) is 25.2. The van der Waals surface area contributed by atoms with E-state index in [-0.39, 0.29) is 10.9 Å². The predicted octanol–water partition coefficient (Wildman–Crippen LogP) is 4.02. The maximum Gasteiger partial charge on any atom is 0.497 e. The SMILES string of the molecule is CC(C)n1cc(-c2cnc3c(c2)c(B2OC(C)(C)C(C)(C)O2)cn3S(=O)(=O)c2ccccc2)cn1. The lowest BCUT2D eigenvalue weighted by atomic mass is 9.79. The number of pyridine rings is 1. The van der Waals surface area contributed by atoms with Crippen molar-refractivity contribution in [2.24, 2.45) is 0 Å². The van der Waals surface area contributed by atoms with Crippen molar-refractivity contribution >= 4 is 33.6 Å². The Balaban J connectivity index is 1.71. The maximum absolute atomic E-state index is 13.6. The van der Waals surface area contributed by atoms with Gasteiger partial charge >= 0.3 is 7.12 Å². The summed E-state index contributed by atoms with van der Waals surface area (Å²) >= 11 is 0. The van der Waals surface area contributed by atoms with Crippen molar-refractivity contribution in [1.29, 1.82) is 0 Å². The van der Waals surface area contributed by atoms with Gasteiger partial charge in [0.15, 0.2) is 5.65 Å². The van der Waals surface area contributed by atoms with Crippen LogP contribution in [0.15, 0.2) is 66.1 Å². The third kappa shape index (κ3) is 3.89. The molecule has 0 unspecified atom stereocenters. The number of benzene rings is 1. The van der Waals surface area contributed by atoms with E-state index >= 15 is 0 Å². The first-order chi connectivity index (χ1) is 16.4. The van der Waals surface area contributed by atoms with Gasteiger partial charge in [-0.2, -0.15) is 5.10 Å². The summed E-state index contributed by atoms with van der Waals surface area (Å²) in [6.07, 6.45) is 6.99. The normalized spacial score (nSPS) is 17.5. The summed E-state index contributed by atoms with van der Waals surface area (Å²) in [5.41, 5.74) is 1.51. The molecule has 1 aliphatic heterocycles. The number of nitrogens with zero attached hydrogens (tertiary/aromatic N) is 4. The Bertz CT molecular complexity index is 1490. The van der Waals surface area contributed by atoms with Crippen LogP contribution in [0.4, 0.5) is 0 Å². The van der Waals surface area contributed by atoms with E-state index in [4.69, 9.17) is 9.31 Å². The minimum atomic E-state index is -3.89. The van der Waals surface area contributed by atoms with Gasteiger partial charge in [-0.25, -0.2) is 17.4 Å². The zero-order valence-electron chi connectivity index (χ0n) is 20.8. The van der Waals surface area contributed by atoms with Crippen LogP contribution in [0.25, 0.3) is 22.2 Å². The van der Waals surface area contributed by atoms with Crippen molar-refractivity contribution in [1.82, 2.24) is 18.7 Å². The van der Waals surface area contributed by atoms with Crippen LogP contribution in [0.2, 0.25) is 0 Å². The van der Waals surface area contributed by atoms with E-state index < -0.39 is 28.3 Å². The van der Waals surface area contributed by atoms with Crippen LogP contribution in [-0.2, 0) is 19.3 Å². The molecule has 3 aromatic heterocycles. The number of rotatable bonds is 5. The lowest BCUT2D eigenvalue weighted by molar-refractivity contribution is 0.00578. The van der Waals surface area contributed by atoms with Gasteiger partial charge in [-0.05, 0) is 59.7 Å². The highest BCUT2D eigenvalue weighted by atomic mass is 32.2. The average Bonchev–Trinajstić information content (AvgIpc) is 3.49. The van der Waals surface area contributed by atoms with Crippen molar-refractivity contribution in [3.05, 3.63) is 61.2 Å². The van der Waals surface area contributed by atoms with Crippen LogP contribution >= 0.6 is 0 Å². The van der Waals surface area contributed by atoms with Crippen LogP contribution < -0.4 is 5.46 Å². The van der Waals surface area contributed by atoms with Crippen molar-refractivity contribution in [2.75, 3.05) is 0 Å². The Labute approximate surface area is 206 Å². The molecule has 10 heteroatoms. The molecular weight excluding hydrogens is 463 g/mol. The quantitative estimate of drug-likeness (QED) is 0.391. The third-order valence-electron chi connectivity index (χ3n) is 6.91. The molecule has 0 aliphatic carbocycles. The Morgan fingerprint density at radius 3 is 2.20 bits per heavy atom. The summed E-state index contributed by atoms with van der Waals surface area (Å²) in [6, 6.07) is 10.5. The number of hydrogen-bond donors (Lipinski definition) is 0. The van der Waals surface area contributed by atoms with E-state index in [0.717, 1.165) is 11.1 Å². The molecule has 0 atom stereocenters. The molecule has 1 saturated heterocycles. The largest absolute Gasteiger partial charge is 0.497 e. The molecule has 35 heavy (non-hydrogen) atoms. The summed E-state index contributed by atoms with van der Waals surface area (Å²) in [5, 5.41) is 5.08. The minimum absolute atomic E-state index is 0.182. The van der Waals surface area contributed by atoms with Gasteiger partial charge in [0.25, 0.3) is 10.0 Å². The van der Waals surface area contributed by atoms with Gasteiger partial charge in [0.05, 0.1) is 22.3 Å². The first-order valence-corrected chi connectivity index (χ1v) is 13.1. The molecule has 0 amide bonds. The van der Waals surface area contributed by atoms with Gasteiger partial charge in [-0.1, -0.05) is 18.2 Å². The van der Waals surface area contributed by atoms with Crippen molar-refractivity contribution in [3.8, 4) is 11.1 Å². The lowest BCUT2D eigenvalue weighted by Crippen LogP contribution is -2.41. The summed E-state index contributed by atoms with van der Waals surface area (Å²) < 4.78 is 42.9. The molecule has 182 valence electrons. The third-order valence-corrected chi connectivity index (χ3v) is 8.58. The second-order valence-corrected chi connectivity index (χ2v) is 12.0. The standard InChI is InChI=1S/C25H29BN4O4S/c1-17(2)29-15-19(14-28-29)18-12-21-22(26-33-24(3,4)25(5,6)34-26)16-30(23(21)27-13-18)35(31,32)20-10-8-7-9-11-20/h7-17H,1-6H3. The van der Waals surface area contributed by atoms with E-state index in [1.165, 1.54) is 3.97 Å². The molecule has 0 spiro atoms. The smallest absolute Gasteiger partial charge is 0.399 e. The van der Waals surface area contributed by atoms with Crippen LogP contribution in [0, 0.1) is 0 Å². The molecule has 0 radical (unpaired) electrons. The molecule has 0 bridgehead atoms. The number of aromatic nitrogens is 4. The lowest BCUT2D eigenvalue weighted by Gasteiger charge is -2.32. The molecule has 0 N–H and O–H groups in total. The second-order valence-electron chi connectivity index (χ2n) is 10.2. The summed E-state index contributed by atoms with van der Waals surface area (Å²) in [4.78, 5) is 4.79. The minimum Gasteiger partial charge on any atom is -0.399 e. The fourth-order valence-corrected chi connectivity index (χ4v) is 5.43. The molecule has 1 aliphatic rings. The zero-order valence-corrected chi connectivity index (χ0v) is 21.6. The molecular formula is C25H29BN4O4S. The van der Waals surface area contributed by atoms with E-state index in [1.807, 2.05) is 44.6 Å². The predicted molar refractivity (Wildman–Crippen MR) is 136 cm³/mol. The Hall–Kier alpha value is -2.95. The van der Waals surface area contributed by atoms with Gasteiger partial charge in [0.1, 0.15) is 0 Å². The Morgan fingerprint density at radius 1 is 0.943 bits per heavy atom. The molecule has 1 fully saturated rings. The highest BCUT2D eigenvalue weighted by molar-refractivity contribution is 7.90. The highest BCUT2D eigenvalue weighted by Crippen LogP contribution is 2.37. The van der Waals surface area contributed by atoms with Gasteiger partial charge in [0, 0.05) is 46.6 Å². The highest BCUT2D eigenvalue weighted by Gasteiger charge is 2.52. The molecule has 8 nitrogen and oxygen atoms in total. The maximum atomic E-state index is 13.6. The second kappa shape index (κ2) is 8.04. The molecule has 4 heterocycles. The number of hydrogen-bond acceptors (Lipinski definition) is 6. The summed E-state index contributed by atoms with van der Waals surface area (Å²) in [5.74, 6) is 0. The van der Waals surface area contributed by atoms with Gasteiger partial charge in [0.2, 0.25) is 0 Å². The van der Waals surface area contributed by atoms with Gasteiger partial charge in [-0.15, -0.1) is 0 Å². The fraction of sp³-hybridized carbons (Fsp3) is 0.360. The van der Waals surface area contributed by atoms with Crippen molar-refractivity contribution in [2.45, 2.75) is 63.7 Å². The van der Waals surface area contributed by atoms with E-state index in [9.17, 15) is 8.42 Å². The Morgan fingerprint density at radius 2 is 1.60 bits per heavy atom. The monoisotopic (exact) mass is 492 g/mol. The fourth-order valence-electron chi connectivity index (χ4n) is 4.08. The van der Waals surface area contributed by atoms with Crippen LogP contribution in [0.1, 0.15) is 47.6 Å². The van der Waals surface area contributed by atoms with Crippen LogP contribution in [0.5, 0.6) is 0 Å². The average molecular weight is 492 g/mol.